The van der Waals surface area contributed by atoms with Crippen molar-refractivity contribution in [2.45, 2.75) is 32.9 Å². The Morgan fingerprint density at radius 1 is 1.31 bits per heavy atom. The van der Waals surface area contributed by atoms with Gasteiger partial charge in [-0.25, -0.2) is 13.1 Å². The quantitative estimate of drug-likeness (QED) is 0.541. The third-order valence-corrected chi connectivity index (χ3v) is 4.56. The lowest BCUT2D eigenvalue weighted by atomic mass is 10.1. The van der Waals surface area contributed by atoms with Gasteiger partial charge in [-0.2, -0.15) is 0 Å². The van der Waals surface area contributed by atoms with Crippen LogP contribution in [0.4, 0.5) is 0 Å². The number of fused-ring (bicyclic) bond motifs is 1. The molecule has 2 rings (SSSR count). The fraction of sp³-hybridized carbons (Fsp3) is 0.588. The summed E-state index contributed by atoms with van der Waals surface area (Å²) in [6.45, 7) is 7.50. The zero-order chi connectivity index (χ0) is 19.4. The van der Waals surface area contributed by atoms with Gasteiger partial charge in [-0.15, -0.1) is 0 Å². The molecule has 0 bridgehead atoms. The molecule has 0 amide bonds. The molecule has 2 N–H and O–H groups in total. The molecule has 0 spiro atoms. The molecule has 146 valence electrons. The number of hydrogen-bond acceptors (Lipinski definition) is 5. The number of sulfonamides is 1. The van der Waals surface area contributed by atoms with Crippen molar-refractivity contribution in [3.05, 3.63) is 23.8 Å². The van der Waals surface area contributed by atoms with Gasteiger partial charge in [0.1, 0.15) is 0 Å². The van der Waals surface area contributed by atoms with Gasteiger partial charge in [0.2, 0.25) is 16.8 Å². The Hall–Kier alpha value is -2.00. The second-order valence-electron chi connectivity index (χ2n) is 6.97. The van der Waals surface area contributed by atoms with Gasteiger partial charge in [-0.3, -0.25) is 4.99 Å². The Kier molecular flexibility index (Phi) is 6.35. The number of aliphatic imine (C=N–C) groups is 1. The van der Waals surface area contributed by atoms with Crippen LogP contribution >= 0.6 is 0 Å². The Morgan fingerprint density at radius 3 is 2.65 bits per heavy atom. The lowest BCUT2D eigenvalue weighted by Gasteiger charge is -2.26. The molecule has 9 heteroatoms. The van der Waals surface area contributed by atoms with Gasteiger partial charge >= 0.3 is 0 Å². The van der Waals surface area contributed by atoms with Crippen LogP contribution in [0.3, 0.4) is 0 Å². The van der Waals surface area contributed by atoms with Crippen LogP contribution in [0, 0.1) is 0 Å². The Bertz CT molecular complexity index is 762. The smallest absolute Gasteiger partial charge is 0.231 e. The first kappa shape index (κ1) is 20.3. The highest BCUT2D eigenvalue weighted by Gasteiger charge is 2.22. The molecule has 0 atom stereocenters. The molecule has 0 aliphatic carbocycles. The van der Waals surface area contributed by atoms with Crippen molar-refractivity contribution in [1.82, 2.24) is 14.9 Å². The number of nitrogens with zero attached hydrogens (tertiary/aromatic N) is 2. The number of benzene rings is 1. The van der Waals surface area contributed by atoms with Gasteiger partial charge < -0.3 is 19.7 Å². The first-order valence-electron chi connectivity index (χ1n) is 8.46. The lowest BCUT2D eigenvalue weighted by Crippen LogP contribution is -2.46. The molecule has 0 unspecified atom stereocenters. The highest BCUT2D eigenvalue weighted by molar-refractivity contribution is 7.88. The Morgan fingerprint density at radius 2 is 2.00 bits per heavy atom. The lowest BCUT2D eigenvalue weighted by molar-refractivity contribution is 0.174. The van der Waals surface area contributed by atoms with Crippen LogP contribution in [0.1, 0.15) is 26.3 Å². The van der Waals surface area contributed by atoms with E-state index in [2.05, 4.69) is 15.0 Å². The molecular formula is C17H28N4O4S. The van der Waals surface area contributed by atoms with Crippen molar-refractivity contribution in [3.8, 4) is 11.5 Å². The van der Waals surface area contributed by atoms with E-state index in [0.717, 1.165) is 23.3 Å². The average Bonchev–Trinajstić information content (AvgIpc) is 2.96. The standard InChI is InChI=1S/C17H28N4O4S/c1-6-18-16(19-11-17(2,3)20-26(5,22)23)21(4)10-13-7-8-14-15(9-13)25-12-24-14/h7-9,20H,6,10-12H2,1-5H3,(H,18,19). The minimum absolute atomic E-state index is 0.251. The van der Waals surface area contributed by atoms with Gasteiger partial charge in [-0.1, -0.05) is 6.07 Å². The summed E-state index contributed by atoms with van der Waals surface area (Å²) >= 11 is 0. The topological polar surface area (TPSA) is 92.3 Å². The number of guanidine groups is 1. The molecule has 1 aromatic carbocycles. The van der Waals surface area contributed by atoms with Crippen LogP contribution in [0.5, 0.6) is 11.5 Å². The molecule has 0 saturated carbocycles. The molecule has 0 saturated heterocycles. The maximum absolute atomic E-state index is 11.5. The second kappa shape index (κ2) is 8.13. The van der Waals surface area contributed by atoms with Crippen LogP contribution in [0.25, 0.3) is 0 Å². The van der Waals surface area contributed by atoms with E-state index in [1.54, 1.807) is 13.8 Å². The predicted molar refractivity (Wildman–Crippen MR) is 102 cm³/mol. The molecule has 0 fully saturated rings. The highest BCUT2D eigenvalue weighted by atomic mass is 32.2. The zero-order valence-corrected chi connectivity index (χ0v) is 16.8. The molecule has 1 aliphatic heterocycles. The van der Waals surface area contributed by atoms with Crippen molar-refractivity contribution < 1.29 is 17.9 Å². The number of ether oxygens (including phenoxy) is 2. The first-order chi connectivity index (χ1) is 12.1. The molecule has 0 aromatic heterocycles. The van der Waals surface area contributed by atoms with E-state index >= 15 is 0 Å². The van der Waals surface area contributed by atoms with E-state index in [0.29, 0.717) is 25.6 Å². The van der Waals surface area contributed by atoms with Crippen molar-refractivity contribution in [2.24, 2.45) is 4.99 Å². The van der Waals surface area contributed by atoms with E-state index < -0.39 is 15.6 Å². The normalized spacial score (nSPS) is 14.4. The monoisotopic (exact) mass is 384 g/mol. The SMILES string of the molecule is CCNC(=NCC(C)(C)NS(C)(=O)=O)N(C)Cc1ccc2c(c1)OCO2. The van der Waals surface area contributed by atoms with E-state index in [9.17, 15) is 8.42 Å². The maximum atomic E-state index is 11.5. The summed E-state index contributed by atoms with van der Waals surface area (Å²) in [4.78, 5) is 6.57. The predicted octanol–water partition coefficient (Wildman–Crippen LogP) is 1.14. The van der Waals surface area contributed by atoms with E-state index in [1.165, 1.54) is 0 Å². The van der Waals surface area contributed by atoms with Crippen molar-refractivity contribution in [2.75, 3.05) is 33.2 Å². The molecule has 1 aliphatic rings. The van der Waals surface area contributed by atoms with Crippen LogP contribution in [0.2, 0.25) is 0 Å². The van der Waals surface area contributed by atoms with E-state index in [1.807, 2.05) is 37.1 Å². The average molecular weight is 385 g/mol. The minimum atomic E-state index is -3.30. The van der Waals surface area contributed by atoms with Gasteiger partial charge in [0.15, 0.2) is 17.5 Å². The van der Waals surface area contributed by atoms with Gasteiger partial charge in [0.25, 0.3) is 0 Å². The summed E-state index contributed by atoms with van der Waals surface area (Å²) in [5, 5.41) is 3.23. The van der Waals surface area contributed by atoms with Crippen molar-refractivity contribution in [1.29, 1.82) is 0 Å². The first-order valence-corrected chi connectivity index (χ1v) is 10.4. The summed E-state index contributed by atoms with van der Waals surface area (Å²) in [5.74, 6) is 2.20. The van der Waals surface area contributed by atoms with Crippen LogP contribution in [-0.4, -0.2) is 58.0 Å². The number of nitrogens with one attached hydrogen (secondary N) is 2. The van der Waals surface area contributed by atoms with Crippen LogP contribution < -0.4 is 19.5 Å². The third kappa shape index (κ3) is 6.06. The number of hydrogen-bond donors (Lipinski definition) is 2. The number of rotatable bonds is 7. The van der Waals surface area contributed by atoms with Gasteiger partial charge in [0, 0.05) is 25.7 Å². The van der Waals surface area contributed by atoms with Crippen LogP contribution in [-0.2, 0) is 16.6 Å². The Labute approximate surface area is 155 Å². The zero-order valence-electron chi connectivity index (χ0n) is 16.0. The summed E-state index contributed by atoms with van der Waals surface area (Å²) in [6.07, 6.45) is 1.15. The summed E-state index contributed by atoms with van der Waals surface area (Å²) in [6, 6.07) is 5.84. The summed E-state index contributed by atoms with van der Waals surface area (Å²) < 4.78 is 36.3. The Balaban J connectivity index is 2.07. The molecule has 0 radical (unpaired) electrons. The van der Waals surface area contributed by atoms with Gasteiger partial charge in [0.05, 0.1) is 12.8 Å². The van der Waals surface area contributed by atoms with Crippen LogP contribution in [0.15, 0.2) is 23.2 Å². The molecular weight excluding hydrogens is 356 g/mol. The minimum Gasteiger partial charge on any atom is -0.454 e. The highest BCUT2D eigenvalue weighted by Crippen LogP contribution is 2.32. The maximum Gasteiger partial charge on any atom is 0.231 e. The van der Waals surface area contributed by atoms with E-state index in [-0.39, 0.29) is 6.79 Å². The fourth-order valence-corrected chi connectivity index (χ4v) is 3.73. The molecule has 26 heavy (non-hydrogen) atoms. The molecule has 1 aromatic rings. The second-order valence-corrected chi connectivity index (χ2v) is 8.72. The fourth-order valence-electron chi connectivity index (χ4n) is 2.66. The molecule has 8 nitrogen and oxygen atoms in total. The third-order valence-electron chi connectivity index (χ3n) is 3.64. The van der Waals surface area contributed by atoms with Crippen molar-refractivity contribution in [3.63, 3.8) is 0 Å². The van der Waals surface area contributed by atoms with E-state index in [4.69, 9.17) is 9.47 Å². The molecule has 1 heterocycles. The van der Waals surface area contributed by atoms with Gasteiger partial charge in [-0.05, 0) is 38.5 Å². The largest absolute Gasteiger partial charge is 0.454 e. The summed E-state index contributed by atoms with van der Waals surface area (Å²) in [7, 11) is -1.36. The summed E-state index contributed by atoms with van der Waals surface area (Å²) in [5.41, 5.74) is 0.393. The van der Waals surface area contributed by atoms with Crippen molar-refractivity contribution >= 4 is 16.0 Å².